The van der Waals surface area contributed by atoms with E-state index in [0.717, 1.165) is 18.0 Å². The molecule has 0 aromatic heterocycles. The van der Waals surface area contributed by atoms with Crippen LogP contribution in [-0.2, 0) is 11.3 Å². The minimum Gasteiger partial charge on any atom is -0.493 e. The molecule has 0 spiro atoms. The summed E-state index contributed by atoms with van der Waals surface area (Å²) in [7, 11) is 1.67. The lowest BCUT2D eigenvalue weighted by atomic mass is 10.2. The van der Waals surface area contributed by atoms with Crippen LogP contribution in [0.3, 0.4) is 0 Å². The van der Waals surface area contributed by atoms with Gasteiger partial charge in [0.05, 0.1) is 19.8 Å². The lowest BCUT2D eigenvalue weighted by Crippen LogP contribution is -2.15. The fourth-order valence-corrected chi connectivity index (χ4v) is 1.93. The molecule has 1 N–H and O–H groups in total. The van der Waals surface area contributed by atoms with E-state index in [4.69, 9.17) is 14.2 Å². The van der Waals surface area contributed by atoms with Crippen molar-refractivity contribution in [2.24, 2.45) is 0 Å². The number of ether oxygens (including phenoxy) is 3. The molecule has 1 aliphatic carbocycles. The first-order valence-corrected chi connectivity index (χ1v) is 7.33. The van der Waals surface area contributed by atoms with Crippen LogP contribution in [0.25, 0.3) is 0 Å². The van der Waals surface area contributed by atoms with E-state index in [-0.39, 0.29) is 6.10 Å². The average molecular weight is 279 g/mol. The summed E-state index contributed by atoms with van der Waals surface area (Å²) in [5, 5.41) is 3.49. The zero-order chi connectivity index (χ0) is 14.4. The summed E-state index contributed by atoms with van der Waals surface area (Å²) in [6.45, 7) is 6.04. The second-order valence-electron chi connectivity index (χ2n) is 5.41. The van der Waals surface area contributed by atoms with Crippen LogP contribution in [0.15, 0.2) is 18.2 Å². The van der Waals surface area contributed by atoms with E-state index in [1.54, 1.807) is 7.11 Å². The normalized spacial score (nSPS) is 14.6. The Morgan fingerprint density at radius 2 is 2.00 bits per heavy atom. The Labute approximate surface area is 121 Å². The molecule has 0 unspecified atom stereocenters. The van der Waals surface area contributed by atoms with E-state index >= 15 is 0 Å². The van der Waals surface area contributed by atoms with Crippen molar-refractivity contribution < 1.29 is 14.2 Å². The Morgan fingerprint density at radius 3 is 2.65 bits per heavy atom. The highest BCUT2D eigenvalue weighted by Gasteiger charge is 2.20. The molecule has 1 fully saturated rings. The molecule has 0 amide bonds. The first-order valence-electron chi connectivity index (χ1n) is 7.33. The number of nitrogens with one attached hydrogen (secondary N) is 1. The lowest BCUT2D eigenvalue weighted by molar-refractivity contribution is 0.0547. The summed E-state index contributed by atoms with van der Waals surface area (Å²) in [6.07, 6.45) is 2.83. The number of hydrogen-bond donors (Lipinski definition) is 1. The Kier molecular flexibility index (Phi) is 5.68. The van der Waals surface area contributed by atoms with Crippen LogP contribution in [0, 0.1) is 0 Å². The predicted octanol–water partition coefficient (Wildman–Crippen LogP) is 2.75. The smallest absolute Gasteiger partial charge is 0.161 e. The Morgan fingerprint density at radius 1 is 1.20 bits per heavy atom. The van der Waals surface area contributed by atoms with Crippen molar-refractivity contribution in [2.45, 2.75) is 45.4 Å². The number of rotatable bonds is 9. The maximum absolute atomic E-state index is 5.70. The summed E-state index contributed by atoms with van der Waals surface area (Å²) in [5.74, 6) is 1.56. The van der Waals surface area contributed by atoms with E-state index in [9.17, 15) is 0 Å². The number of methoxy groups -OCH3 is 1. The maximum atomic E-state index is 5.70. The summed E-state index contributed by atoms with van der Waals surface area (Å²) >= 11 is 0. The third-order valence-corrected chi connectivity index (χ3v) is 3.19. The largest absolute Gasteiger partial charge is 0.493 e. The fourth-order valence-electron chi connectivity index (χ4n) is 1.93. The molecule has 2 rings (SSSR count). The first-order chi connectivity index (χ1) is 9.69. The number of benzene rings is 1. The van der Waals surface area contributed by atoms with E-state index < -0.39 is 0 Å². The van der Waals surface area contributed by atoms with Crippen molar-refractivity contribution in [3.63, 3.8) is 0 Å². The van der Waals surface area contributed by atoms with Crippen LogP contribution < -0.4 is 14.8 Å². The Bertz CT molecular complexity index is 416. The van der Waals surface area contributed by atoms with Crippen LogP contribution in [0.5, 0.6) is 11.5 Å². The summed E-state index contributed by atoms with van der Waals surface area (Å²) in [6, 6.07) is 6.80. The highest BCUT2D eigenvalue weighted by Crippen LogP contribution is 2.28. The second kappa shape index (κ2) is 7.50. The van der Waals surface area contributed by atoms with Crippen LogP contribution in [0.1, 0.15) is 32.3 Å². The molecule has 1 aliphatic rings. The van der Waals surface area contributed by atoms with Gasteiger partial charge < -0.3 is 19.5 Å². The molecule has 1 aromatic carbocycles. The SMILES string of the molecule is COc1cc(CNC2CC2)ccc1OCCOC(C)C. The van der Waals surface area contributed by atoms with Gasteiger partial charge in [0, 0.05) is 12.6 Å². The molecule has 4 nitrogen and oxygen atoms in total. The van der Waals surface area contributed by atoms with E-state index in [1.807, 2.05) is 26.0 Å². The van der Waals surface area contributed by atoms with Gasteiger partial charge in [0.25, 0.3) is 0 Å². The Hall–Kier alpha value is -1.26. The van der Waals surface area contributed by atoms with Crippen molar-refractivity contribution in [3.8, 4) is 11.5 Å². The van der Waals surface area contributed by atoms with Gasteiger partial charge in [0.15, 0.2) is 11.5 Å². The molecular weight excluding hydrogens is 254 g/mol. The molecule has 0 aliphatic heterocycles. The second-order valence-corrected chi connectivity index (χ2v) is 5.41. The average Bonchev–Trinajstić information content (AvgIpc) is 3.26. The highest BCUT2D eigenvalue weighted by atomic mass is 16.5. The van der Waals surface area contributed by atoms with Crippen LogP contribution in [-0.4, -0.2) is 32.5 Å². The molecule has 0 bridgehead atoms. The molecule has 112 valence electrons. The third kappa shape index (κ3) is 5.02. The maximum Gasteiger partial charge on any atom is 0.161 e. The van der Waals surface area contributed by atoms with Crippen molar-refractivity contribution in [2.75, 3.05) is 20.3 Å². The van der Waals surface area contributed by atoms with Gasteiger partial charge in [0.2, 0.25) is 0 Å². The predicted molar refractivity (Wildman–Crippen MR) is 79.4 cm³/mol. The molecule has 1 saturated carbocycles. The van der Waals surface area contributed by atoms with Gasteiger partial charge in [-0.25, -0.2) is 0 Å². The third-order valence-electron chi connectivity index (χ3n) is 3.19. The Balaban J connectivity index is 1.84. The minimum atomic E-state index is 0.233. The van der Waals surface area contributed by atoms with Crippen LogP contribution >= 0.6 is 0 Å². The van der Waals surface area contributed by atoms with Crippen molar-refractivity contribution in [1.82, 2.24) is 5.32 Å². The van der Waals surface area contributed by atoms with Gasteiger partial charge in [-0.1, -0.05) is 6.07 Å². The molecule has 0 heterocycles. The number of hydrogen-bond acceptors (Lipinski definition) is 4. The van der Waals surface area contributed by atoms with Gasteiger partial charge in [-0.2, -0.15) is 0 Å². The molecule has 0 saturated heterocycles. The molecule has 0 radical (unpaired) electrons. The minimum absolute atomic E-state index is 0.233. The zero-order valence-corrected chi connectivity index (χ0v) is 12.6. The van der Waals surface area contributed by atoms with Gasteiger partial charge in [-0.05, 0) is 44.4 Å². The van der Waals surface area contributed by atoms with Crippen molar-refractivity contribution in [3.05, 3.63) is 23.8 Å². The molecular formula is C16H25NO3. The fraction of sp³-hybridized carbons (Fsp3) is 0.625. The lowest BCUT2D eigenvalue weighted by Gasteiger charge is -2.13. The quantitative estimate of drug-likeness (QED) is 0.706. The van der Waals surface area contributed by atoms with Gasteiger partial charge in [-0.3, -0.25) is 0 Å². The van der Waals surface area contributed by atoms with Crippen molar-refractivity contribution >= 4 is 0 Å². The van der Waals surface area contributed by atoms with Crippen molar-refractivity contribution in [1.29, 1.82) is 0 Å². The monoisotopic (exact) mass is 279 g/mol. The summed E-state index contributed by atoms with van der Waals surface area (Å²) < 4.78 is 16.6. The first kappa shape index (κ1) is 15.1. The molecule has 0 atom stereocenters. The summed E-state index contributed by atoms with van der Waals surface area (Å²) in [5.41, 5.74) is 1.22. The summed E-state index contributed by atoms with van der Waals surface area (Å²) in [4.78, 5) is 0. The van der Waals surface area contributed by atoms with E-state index in [1.165, 1.54) is 18.4 Å². The van der Waals surface area contributed by atoms with Gasteiger partial charge in [-0.15, -0.1) is 0 Å². The highest BCUT2D eigenvalue weighted by molar-refractivity contribution is 5.43. The molecule has 4 heteroatoms. The van der Waals surface area contributed by atoms with Crippen LogP contribution in [0.2, 0.25) is 0 Å². The standard InChI is InChI=1S/C16H25NO3/c1-12(2)19-8-9-20-15-7-4-13(10-16(15)18-3)11-17-14-5-6-14/h4,7,10,12,14,17H,5-6,8-9,11H2,1-3H3. The molecule has 1 aromatic rings. The molecule has 20 heavy (non-hydrogen) atoms. The van der Waals surface area contributed by atoms with Gasteiger partial charge >= 0.3 is 0 Å². The van der Waals surface area contributed by atoms with Gasteiger partial charge in [0.1, 0.15) is 6.61 Å². The topological polar surface area (TPSA) is 39.7 Å². The van der Waals surface area contributed by atoms with E-state index in [0.29, 0.717) is 19.3 Å². The van der Waals surface area contributed by atoms with Crippen LogP contribution in [0.4, 0.5) is 0 Å². The van der Waals surface area contributed by atoms with E-state index in [2.05, 4.69) is 11.4 Å². The zero-order valence-electron chi connectivity index (χ0n) is 12.6.